The van der Waals surface area contributed by atoms with Crippen LogP contribution < -0.4 is 10.1 Å². The molecule has 9 nitrogen and oxygen atoms in total. The van der Waals surface area contributed by atoms with Crippen LogP contribution in [0.2, 0.25) is 0 Å². The van der Waals surface area contributed by atoms with Gasteiger partial charge in [0.25, 0.3) is 5.91 Å². The van der Waals surface area contributed by atoms with Gasteiger partial charge in [-0.1, -0.05) is 6.08 Å². The summed E-state index contributed by atoms with van der Waals surface area (Å²) in [5, 5.41) is 14.8. The minimum absolute atomic E-state index is 0.196. The molecule has 0 saturated carbocycles. The second-order valence-electron chi connectivity index (χ2n) is 4.85. The molecule has 2 aromatic rings. The van der Waals surface area contributed by atoms with Gasteiger partial charge in [-0.3, -0.25) is 4.79 Å². The molecule has 0 atom stereocenters. The zero-order valence-electron chi connectivity index (χ0n) is 14.2. The first kappa shape index (κ1) is 18.1. The van der Waals surface area contributed by atoms with E-state index in [1.807, 2.05) is 6.92 Å². The summed E-state index contributed by atoms with van der Waals surface area (Å²) in [6.45, 7) is 4.31. The fourth-order valence-electron chi connectivity index (χ4n) is 1.98. The van der Waals surface area contributed by atoms with Gasteiger partial charge in [0.2, 0.25) is 5.88 Å². The predicted molar refractivity (Wildman–Crippen MR) is 88.5 cm³/mol. The number of hydrogen-bond donors (Lipinski definition) is 1. The van der Waals surface area contributed by atoms with Gasteiger partial charge >= 0.3 is 5.97 Å². The normalized spacial score (nSPS) is 10.7. The van der Waals surface area contributed by atoms with Crippen LogP contribution in [0.25, 0.3) is 5.82 Å². The summed E-state index contributed by atoms with van der Waals surface area (Å²) in [6.07, 6.45) is 4.19. The van der Waals surface area contributed by atoms with Crippen molar-refractivity contribution in [3.63, 3.8) is 0 Å². The lowest BCUT2D eigenvalue weighted by Gasteiger charge is -2.05. The number of esters is 1. The highest BCUT2D eigenvalue weighted by molar-refractivity contribution is 5.95. The van der Waals surface area contributed by atoms with Gasteiger partial charge in [-0.25, -0.2) is 9.48 Å². The molecule has 132 valence electrons. The van der Waals surface area contributed by atoms with Crippen LogP contribution in [0.15, 0.2) is 30.5 Å². The number of ether oxygens (including phenoxy) is 2. The number of carbonyl (C=O) groups is 2. The average Bonchev–Trinajstić information content (AvgIpc) is 3.01. The zero-order chi connectivity index (χ0) is 18.2. The number of hydrogen-bond acceptors (Lipinski definition) is 7. The molecule has 2 rings (SSSR count). The van der Waals surface area contributed by atoms with Crippen LogP contribution in [0.4, 0.5) is 0 Å². The highest BCUT2D eigenvalue weighted by atomic mass is 16.5. The van der Waals surface area contributed by atoms with Crippen LogP contribution in [0.1, 0.15) is 23.0 Å². The lowest BCUT2D eigenvalue weighted by atomic mass is 10.2. The quantitative estimate of drug-likeness (QED) is 0.585. The fourth-order valence-corrected chi connectivity index (χ4v) is 1.98. The predicted octanol–water partition coefficient (Wildman–Crippen LogP) is 0.828. The van der Waals surface area contributed by atoms with Gasteiger partial charge in [0.05, 0.1) is 31.2 Å². The van der Waals surface area contributed by atoms with Crippen molar-refractivity contribution < 1.29 is 19.1 Å². The van der Waals surface area contributed by atoms with Crippen LogP contribution in [0.3, 0.4) is 0 Å². The highest BCUT2D eigenvalue weighted by Crippen LogP contribution is 2.13. The maximum Gasteiger partial charge on any atom is 0.330 e. The minimum atomic E-state index is -0.479. The smallest absolute Gasteiger partial charge is 0.330 e. The third-order valence-electron chi connectivity index (χ3n) is 3.23. The molecule has 2 heterocycles. The molecular formula is C16H19N5O4. The second-order valence-corrected chi connectivity index (χ2v) is 4.85. The molecule has 25 heavy (non-hydrogen) atoms. The average molecular weight is 345 g/mol. The standard InChI is InChI=1S/C16H19N5O4/c1-4-25-14-8-7-13(19-20-14)21-11(2)12(10-18-21)16(23)17-9-5-6-15(22)24-3/h5-8,10H,4,9H2,1-3H3,(H,17,23)/b6-5+. The lowest BCUT2D eigenvalue weighted by Crippen LogP contribution is -2.24. The van der Waals surface area contributed by atoms with Crippen LogP contribution in [-0.4, -0.2) is 52.1 Å². The van der Waals surface area contributed by atoms with E-state index in [1.165, 1.54) is 30.1 Å². The Bertz CT molecular complexity index is 767. The van der Waals surface area contributed by atoms with Crippen molar-refractivity contribution in [3.05, 3.63) is 41.7 Å². The topological polar surface area (TPSA) is 108 Å². The Balaban J connectivity index is 2.05. The molecule has 0 aliphatic rings. The molecule has 0 saturated heterocycles. The van der Waals surface area contributed by atoms with Crippen LogP contribution in [0, 0.1) is 6.92 Å². The van der Waals surface area contributed by atoms with E-state index in [0.717, 1.165) is 0 Å². The molecule has 0 unspecified atom stereocenters. The third kappa shape index (κ3) is 4.63. The van der Waals surface area contributed by atoms with E-state index in [1.54, 1.807) is 19.1 Å². The minimum Gasteiger partial charge on any atom is -0.477 e. The number of carbonyl (C=O) groups excluding carboxylic acids is 2. The Kier molecular flexibility index (Phi) is 6.21. The maximum absolute atomic E-state index is 12.2. The van der Waals surface area contributed by atoms with Crippen molar-refractivity contribution in [2.45, 2.75) is 13.8 Å². The van der Waals surface area contributed by atoms with E-state index >= 15 is 0 Å². The van der Waals surface area contributed by atoms with Gasteiger partial charge in [0.15, 0.2) is 5.82 Å². The van der Waals surface area contributed by atoms with Gasteiger partial charge in [0.1, 0.15) is 0 Å². The van der Waals surface area contributed by atoms with E-state index in [0.29, 0.717) is 29.6 Å². The summed E-state index contributed by atoms with van der Waals surface area (Å²) in [7, 11) is 1.28. The van der Waals surface area contributed by atoms with Crippen LogP contribution in [-0.2, 0) is 9.53 Å². The number of nitrogens with one attached hydrogen (secondary N) is 1. The van der Waals surface area contributed by atoms with Gasteiger partial charge < -0.3 is 14.8 Å². The Labute approximate surface area is 144 Å². The Hall–Kier alpha value is -3.23. The summed E-state index contributed by atoms with van der Waals surface area (Å²) in [5.74, 6) is 0.112. The molecule has 0 radical (unpaired) electrons. The summed E-state index contributed by atoms with van der Waals surface area (Å²) in [6, 6.07) is 3.39. The van der Waals surface area contributed by atoms with Crippen LogP contribution >= 0.6 is 0 Å². The first-order chi connectivity index (χ1) is 12.1. The van der Waals surface area contributed by atoms with Crippen molar-refractivity contribution in [1.29, 1.82) is 0 Å². The second kappa shape index (κ2) is 8.57. The fraction of sp³-hybridized carbons (Fsp3) is 0.312. The van der Waals surface area contributed by atoms with Crippen molar-refractivity contribution in [3.8, 4) is 11.7 Å². The summed E-state index contributed by atoms with van der Waals surface area (Å²) >= 11 is 0. The summed E-state index contributed by atoms with van der Waals surface area (Å²) in [4.78, 5) is 23.1. The van der Waals surface area contributed by atoms with E-state index in [2.05, 4.69) is 25.3 Å². The molecule has 0 aliphatic heterocycles. The molecule has 1 N–H and O–H groups in total. The molecule has 1 amide bonds. The molecule has 0 fully saturated rings. The van der Waals surface area contributed by atoms with Gasteiger partial charge in [-0.15, -0.1) is 10.2 Å². The summed E-state index contributed by atoms with van der Waals surface area (Å²) < 4.78 is 11.2. The summed E-state index contributed by atoms with van der Waals surface area (Å²) in [5.41, 5.74) is 1.02. The van der Waals surface area contributed by atoms with Crippen molar-refractivity contribution in [2.75, 3.05) is 20.3 Å². The molecule has 0 aliphatic carbocycles. The Morgan fingerprint density at radius 2 is 2.12 bits per heavy atom. The van der Waals surface area contributed by atoms with E-state index < -0.39 is 5.97 Å². The van der Waals surface area contributed by atoms with Gasteiger partial charge in [-0.2, -0.15) is 5.10 Å². The largest absolute Gasteiger partial charge is 0.477 e. The Morgan fingerprint density at radius 3 is 2.76 bits per heavy atom. The highest BCUT2D eigenvalue weighted by Gasteiger charge is 2.15. The molecule has 0 spiro atoms. The van der Waals surface area contributed by atoms with Crippen molar-refractivity contribution in [1.82, 2.24) is 25.3 Å². The molecule has 0 bridgehead atoms. The monoisotopic (exact) mass is 345 g/mol. The number of rotatable bonds is 7. The number of methoxy groups -OCH3 is 1. The number of nitrogens with zero attached hydrogens (tertiary/aromatic N) is 4. The Morgan fingerprint density at radius 1 is 1.32 bits per heavy atom. The van der Waals surface area contributed by atoms with E-state index in [-0.39, 0.29) is 12.5 Å². The molecular weight excluding hydrogens is 326 g/mol. The maximum atomic E-state index is 12.2. The molecule has 2 aromatic heterocycles. The van der Waals surface area contributed by atoms with Crippen LogP contribution in [0.5, 0.6) is 5.88 Å². The van der Waals surface area contributed by atoms with Gasteiger partial charge in [0, 0.05) is 18.7 Å². The number of amides is 1. The van der Waals surface area contributed by atoms with Crippen molar-refractivity contribution in [2.24, 2.45) is 0 Å². The molecule has 0 aromatic carbocycles. The number of aromatic nitrogens is 4. The third-order valence-corrected chi connectivity index (χ3v) is 3.23. The van der Waals surface area contributed by atoms with E-state index in [4.69, 9.17) is 4.74 Å². The first-order valence-electron chi connectivity index (χ1n) is 7.61. The van der Waals surface area contributed by atoms with Gasteiger partial charge in [-0.05, 0) is 19.9 Å². The van der Waals surface area contributed by atoms with Crippen molar-refractivity contribution >= 4 is 11.9 Å². The van der Waals surface area contributed by atoms with E-state index in [9.17, 15) is 9.59 Å². The lowest BCUT2D eigenvalue weighted by molar-refractivity contribution is -0.134. The zero-order valence-corrected chi connectivity index (χ0v) is 14.2. The first-order valence-corrected chi connectivity index (χ1v) is 7.61. The molecule has 9 heteroatoms. The SMILES string of the molecule is CCOc1ccc(-n2ncc(C(=O)NC/C=C/C(=O)OC)c2C)nn1.